The van der Waals surface area contributed by atoms with Crippen molar-refractivity contribution in [1.82, 2.24) is 15.5 Å². The van der Waals surface area contributed by atoms with Crippen molar-refractivity contribution in [2.45, 2.75) is 44.4 Å². The molecule has 5 nitrogen and oxygen atoms in total. The molecule has 1 amide bonds. The van der Waals surface area contributed by atoms with Crippen molar-refractivity contribution in [2.24, 2.45) is 11.3 Å². The molecular weight excluding hydrogens is 362 g/mol. The summed E-state index contributed by atoms with van der Waals surface area (Å²) >= 11 is 0. The van der Waals surface area contributed by atoms with E-state index in [1.54, 1.807) is 6.92 Å². The van der Waals surface area contributed by atoms with Gasteiger partial charge in [-0.25, -0.2) is 8.78 Å². The van der Waals surface area contributed by atoms with Gasteiger partial charge < -0.3 is 10.6 Å². The molecule has 5 rings (SSSR count). The number of carbonyl (C=O) groups is 1. The van der Waals surface area contributed by atoms with E-state index in [1.807, 2.05) is 12.1 Å². The zero-order valence-electron chi connectivity index (χ0n) is 15.8. The molecule has 28 heavy (non-hydrogen) atoms. The van der Waals surface area contributed by atoms with Gasteiger partial charge in [-0.2, -0.15) is 5.10 Å². The fourth-order valence-corrected chi connectivity index (χ4v) is 4.98. The summed E-state index contributed by atoms with van der Waals surface area (Å²) in [6.45, 7) is 3.68. The van der Waals surface area contributed by atoms with Crippen molar-refractivity contribution in [1.29, 1.82) is 0 Å². The first kappa shape index (κ1) is 17.8. The highest BCUT2D eigenvalue weighted by Crippen LogP contribution is 2.70. The Morgan fingerprint density at radius 3 is 2.64 bits per heavy atom. The molecule has 0 radical (unpaired) electrons. The maximum absolute atomic E-state index is 14.1. The van der Waals surface area contributed by atoms with Gasteiger partial charge in [-0.15, -0.1) is 0 Å². The standard InChI is InChI=1S/C21H24F2N4O/c1-20-11-16-15(10-17(20)21(20,22)23)18(27-26-16)19(28)25-14-4-2-12(3-5-14)13-6-8-24-9-7-13/h2-5,13,17,24H,6-11H2,1H3,(H,25,28)(H,26,27)/t17-,20+/m0/s1. The number of H-pyrrole nitrogens is 1. The zero-order valence-corrected chi connectivity index (χ0v) is 15.8. The Kier molecular flexibility index (Phi) is 3.88. The van der Waals surface area contributed by atoms with Crippen molar-refractivity contribution < 1.29 is 13.6 Å². The lowest BCUT2D eigenvalue weighted by molar-refractivity contribution is 0.0631. The minimum absolute atomic E-state index is 0.201. The summed E-state index contributed by atoms with van der Waals surface area (Å²) in [6, 6.07) is 7.92. The first-order valence-corrected chi connectivity index (χ1v) is 9.96. The number of fused-ring (bicyclic) bond motifs is 2. The SMILES string of the molecule is C[C@@]12Cc3[nH]nc(C(=O)Nc4ccc(C5CCNCC5)cc4)c3C[C@@H]1C2(F)F. The summed E-state index contributed by atoms with van der Waals surface area (Å²) in [7, 11) is 0. The summed E-state index contributed by atoms with van der Waals surface area (Å²) in [5.74, 6) is -3.15. The van der Waals surface area contributed by atoms with E-state index in [1.165, 1.54) is 5.56 Å². The molecule has 2 aliphatic carbocycles. The number of hydrogen-bond donors (Lipinski definition) is 3. The van der Waals surface area contributed by atoms with Crippen LogP contribution < -0.4 is 10.6 Å². The molecule has 1 aromatic heterocycles. The maximum atomic E-state index is 14.1. The molecule has 0 spiro atoms. The van der Waals surface area contributed by atoms with E-state index in [0.29, 0.717) is 22.9 Å². The summed E-state index contributed by atoms with van der Waals surface area (Å²) < 4.78 is 28.1. The Morgan fingerprint density at radius 2 is 1.93 bits per heavy atom. The molecule has 2 atom stereocenters. The maximum Gasteiger partial charge on any atom is 0.276 e. The monoisotopic (exact) mass is 386 g/mol. The topological polar surface area (TPSA) is 69.8 Å². The second-order valence-corrected chi connectivity index (χ2v) is 8.60. The number of piperidine rings is 1. The fraction of sp³-hybridized carbons (Fsp3) is 0.524. The van der Waals surface area contributed by atoms with Crippen LogP contribution >= 0.6 is 0 Å². The number of carbonyl (C=O) groups excluding carboxylic acids is 1. The highest BCUT2D eigenvalue weighted by molar-refractivity contribution is 6.04. The number of amides is 1. The zero-order chi connectivity index (χ0) is 19.5. The Bertz CT molecular complexity index is 917. The third-order valence-electron chi connectivity index (χ3n) is 6.98. The van der Waals surface area contributed by atoms with Crippen molar-refractivity contribution in [3.63, 3.8) is 0 Å². The van der Waals surface area contributed by atoms with Crippen LogP contribution in [0.15, 0.2) is 24.3 Å². The Balaban J connectivity index is 1.30. The van der Waals surface area contributed by atoms with Crippen LogP contribution in [0, 0.1) is 11.3 Å². The Morgan fingerprint density at radius 1 is 1.21 bits per heavy atom. The van der Waals surface area contributed by atoms with E-state index in [4.69, 9.17) is 0 Å². The van der Waals surface area contributed by atoms with E-state index in [2.05, 4.69) is 33.0 Å². The number of aromatic amines is 1. The number of halogens is 2. The predicted molar refractivity (Wildman–Crippen MR) is 102 cm³/mol. The van der Waals surface area contributed by atoms with Gasteiger partial charge >= 0.3 is 0 Å². The molecule has 3 N–H and O–H groups in total. The van der Waals surface area contributed by atoms with Crippen LogP contribution in [0.3, 0.4) is 0 Å². The summed E-state index contributed by atoms with van der Waals surface area (Å²) in [4.78, 5) is 12.7. The number of hydrogen-bond acceptors (Lipinski definition) is 3. The van der Waals surface area contributed by atoms with Gasteiger partial charge in [0.2, 0.25) is 0 Å². The minimum atomic E-state index is -2.66. The number of rotatable bonds is 3. The lowest BCUT2D eigenvalue weighted by Gasteiger charge is -2.23. The van der Waals surface area contributed by atoms with Crippen LogP contribution in [0.4, 0.5) is 14.5 Å². The van der Waals surface area contributed by atoms with Gasteiger partial charge in [-0.05, 0) is 56.0 Å². The molecule has 2 heterocycles. The number of nitrogens with zero attached hydrogens (tertiary/aromatic N) is 1. The highest BCUT2D eigenvalue weighted by atomic mass is 19.3. The van der Waals surface area contributed by atoms with E-state index in [9.17, 15) is 13.6 Å². The number of alkyl halides is 2. The van der Waals surface area contributed by atoms with Crippen LogP contribution in [0.2, 0.25) is 0 Å². The molecule has 3 aliphatic rings. The van der Waals surface area contributed by atoms with Crippen LogP contribution in [0.25, 0.3) is 0 Å². The molecule has 2 aromatic rings. The van der Waals surface area contributed by atoms with Gasteiger partial charge in [0.15, 0.2) is 5.69 Å². The second-order valence-electron chi connectivity index (χ2n) is 8.60. The third-order valence-corrected chi connectivity index (χ3v) is 6.98. The van der Waals surface area contributed by atoms with Crippen LogP contribution in [0.1, 0.15) is 53.0 Å². The van der Waals surface area contributed by atoms with E-state index >= 15 is 0 Å². The third kappa shape index (κ3) is 2.59. The molecule has 7 heteroatoms. The summed E-state index contributed by atoms with van der Waals surface area (Å²) in [5.41, 5.74) is 2.53. The number of anilines is 1. The first-order valence-electron chi connectivity index (χ1n) is 9.96. The lowest BCUT2D eigenvalue weighted by atomic mass is 9.87. The van der Waals surface area contributed by atoms with Crippen LogP contribution in [-0.4, -0.2) is 35.1 Å². The van der Waals surface area contributed by atoms with E-state index in [0.717, 1.165) is 25.9 Å². The molecule has 0 unspecified atom stereocenters. The molecule has 0 bridgehead atoms. The van der Waals surface area contributed by atoms with Gasteiger partial charge in [-0.1, -0.05) is 19.1 Å². The minimum Gasteiger partial charge on any atom is -0.321 e. The molecule has 1 saturated heterocycles. The number of aromatic nitrogens is 2. The molecule has 1 aliphatic heterocycles. The summed E-state index contributed by atoms with van der Waals surface area (Å²) in [6.07, 6.45) is 2.68. The average molecular weight is 386 g/mol. The first-order chi connectivity index (χ1) is 13.4. The van der Waals surface area contributed by atoms with Crippen molar-refractivity contribution in [3.05, 3.63) is 46.8 Å². The molecule has 148 valence electrons. The molecule has 2 fully saturated rings. The van der Waals surface area contributed by atoms with Gasteiger partial charge in [0.05, 0.1) is 0 Å². The lowest BCUT2D eigenvalue weighted by Crippen LogP contribution is -2.26. The second kappa shape index (κ2) is 6.11. The van der Waals surface area contributed by atoms with Gasteiger partial charge in [-0.3, -0.25) is 9.89 Å². The number of nitrogens with one attached hydrogen (secondary N) is 3. The predicted octanol–water partition coefficient (Wildman–Crippen LogP) is 3.50. The largest absolute Gasteiger partial charge is 0.321 e. The van der Waals surface area contributed by atoms with Gasteiger partial charge in [0, 0.05) is 34.7 Å². The Labute approximate surface area is 162 Å². The van der Waals surface area contributed by atoms with E-state index < -0.39 is 17.3 Å². The normalized spacial score (nSPS) is 28.3. The van der Waals surface area contributed by atoms with Crippen LogP contribution in [0.5, 0.6) is 0 Å². The van der Waals surface area contributed by atoms with Gasteiger partial charge in [0.25, 0.3) is 11.8 Å². The average Bonchev–Trinajstić information content (AvgIpc) is 2.97. The highest BCUT2D eigenvalue weighted by Gasteiger charge is 2.78. The Hall–Kier alpha value is -2.28. The van der Waals surface area contributed by atoms with Crippen LogP contribution in [-0.2, 0) is 12.8 Å². The van der Waals surface area contributed by atoms with E-state index in [-0.39, 0.29) is 24.4 Å². The summed E-state index contributed by atoms with van der Waals surface area (Å²) in [5, 5.41) is 13.2. The van der Waals surface area contributed by atoms with Crippen molar-refractivity contribution in [2.75, 3.05) is 18.4 Å². The molecule has 1 aromatic carbocycles. The fourth-order valence-electron chi connectivity index (χ4n) is 4.98. The molecular formula is C21H24F2N4O. The molecule has 1 saturated carbocycles. The van der Waals surface area contributed by atoms with Crippen molar-refractivity contribution in [3.8, 4) is 0 Å². The number of benzene rings is 1. The van der Waals surface area contributed by atoms with Gasteiger partial charge in [0.1, 0.15) is 0 Å². The van der Waals surface area contributed by atoms with Crippen molar-refractivity contribution >= 4 is 11.6 Å². The smallest absolute Gasteiger partial charge is 0.276 e. The quantitative estimate of drug-likeness (QED) is 0.756.